The minimum atomic E-state index is -0.964. The Morgan fingerprint density at radius 3 is 2.80 bits per heavy atom. The number of aromatic nitrogens is 4. The van der Waals surface area contributed by atoms with Crippen LogP contribution in [0, 0.1) is 11.6 Å². The quantitative estimate of drug-likeness (QED) is 0.789. The van der Waals surface area contributed by atoms with Crippen LogP contribution in [-0.2, 0) is 6.54 Å². The number of hydrogen-bond donors (Lipinski definition) is 1. The monoisotopic (exact) mass is 277 g/mol. The maximum Gasteiger partial charge on any atom is 0.248 e. The van der Waals surface area contributed by atoms with Crippen molar-refractivity contribution in [2.24, 2.45) is 0 Å². The van der Waals surface area contributed by atoms with Gasteiger partial charge in [0, 0.05) is 11.8 Å². The number of benzene rings is 1. The van der Waals surface area contributed by atoms with E-state index in [-0.39, 0.29) is 18.3 Å². The average Bonchev–Trinajstić information content (AvgIpc) is 3.03. The van der Waals surface area contributed by atoms with Gasteiger partial charge in [-0.1, -0.05) is 5.16 Å². The van der Waals surface area contributed by atoms with Crippen molar-refractivity contribution in [3.8, 4) is 11.4 Å². The second-order valence-electron chi connectivity index (χ2n) is 4.11. The average molecular weight is 277 g/mol. The smallest absolute Gasteiger partial charge is 0.248 e. The number of halogens is 2. The molecular formula is C12H9F2N5O. The van der Waals surface area contributed by atoms with E-state index in [2.05, 4.69) is 15.2 Å². The van der Waals surface area contributed by atoms with Crippen molar-refractivity contribution in [1.82, 2.24) is 19.9 Å². The van der Waals surface area contributed by atoms with Gasteiger partial charge in [0.2, 0.25) is 11.7 Å². The molecule has 0 fully saturated rings. The maximum absolute atomic E-state index is 13.1. The molecule has 0 spiro atoms. The van der Waals surface area contributed by atoms with Crippen LogP contribution in [0.4, 0.5) is 14.5 Å². The van der Waals surface area contributed by atoms with Crippen molar-refractivity contribution < 1.29 is 13.3 Å². The summed E-state index contributed by atoms with van der Waals surface area (Å²) < 4.78 is 32.5. The second kappa shape index (κ2) is 4.72. The first-order chi connectivity index (χ1) is 9.61. The Labute approximate surface area is 111 Å². The molecule has 6 nitrogen and oxygen atoms in total. The van der Waals surface area contributed by atoms with Gasteiger partial charge in [0.15, 0.2) is 11.6 Å². The highest BCUT2D eigenvalue weighted by molar-refractivity contribution is 5.54. The van der Waals surface area contributed by atoms with E-state index in [0.717, 1.165) is 12.1 Å². The van der Waals surface area contributed by atoms with Crippen LogP contribution in [0.1, 0.15) is 5.89 Å². The number of anilines is 1. The Hall–Kier alpha value is -2.77. The third-order valence-electron chi connectivity index (χ3n) is 2.60. The molecule has 2 heterocycles. The van der Waals surface area contributed by atoms with Crippen molar-refractivity contribution in [1.29, 1.82) is 0 Å². The SMILES string of the molecule is Nc1cnn(Cc2nc(-c3ccc(F)c(F)c3)no2)c1. The molecular weight excluding hydrogens is 268 g/mol. The molecule has 0 atom stereocenters. The largest absolute Gasteiger partial charge is 0.396 e. The zero-order chi connectivity index (χ0) is 14.1. The van der Waals surface area contributed by atoms with E-state index in [4.69, 9.17) is 10.3 Å². The first kappa shape index (κ1) is 12.3. The Balaban J connectivity index is 1.84. The van der Waals surface area contributed by atoms with Gasteiger partial charge in [-0.2, -0.15) is 10.1 Å². The molecule has 0 unspecified atom stereocenters. The minimum absolute atomic E-state index is 0.180. The molecule has 2 aromatic heterocycles. The fourth-order valence-electron chi connectivity index (χ4n) is 1.68. The van der Waals surface area contributed by atoms with Gasteiger partial charge in [-0.15, -0.1) is 0 Å². The van der Waals surface area contributed by atoms with E-state index in [1.54, 1.807) is 6.20 Å². The zero-order valence-corrected chi connectivity index (χ0v) is 10.1. The number of nitrogen functional groups attached to an aromatic ring is 1. The normalized spacial score (nSPS) is 10.9. The fourth-order valence-corrected chi connectivity index (χ4v) is 1.68. The lowest BCUT2D eigenvalue weighted by molar-refractivity contribution is 0.366. The van der Waals surface area contributed by atoms with E-state index in [0.29, 0.717) is 11.3 Å². The van der Waals surface area contributed by atoms with Crippen molar-refractivity contribution in [3.63, 3.8) is 0 Å². The molecule has 1 aromatic carbocycles. The Bertz CT molecular complexity index is 752. The Morgan fingerprint density at radius 2 is 2.10 bits per heavy atom. The summed E-state index contributed by atoms with van der Waals surface area (Å²) in [6.07, 6.45) is 3.11. The number of nitrogens with two attached hydrogens (primary N) is 1. The summed E-state index contributed by atoms with van der Waals surface area (Å²) >= 11 is 0. The van der Waals surface area contributed by atoms with Crippen LogP contribution in [-0.4, -0.2) is 19.9 Å². The number of nitrogens with zero attached hydrogens (tertiary/aromatic N) is 4. The highest BCUT2D eigenvalue weighted by Crippen LogP contribution is 2.18. The van der Waals surface area contributed by atoms with E-state index in [1.807, 2.05) is 0 Å². The molecule has 2 N–H and O–H groups in total. The third kappa shape index (κ3) is 2.35. The standard InChI is InChI=1S/C12H9F2N5O/c13-9-2-1-7(3-10(9)14)12-17-11(20-18-12)6-19-5-8(15)4-16-19/h1-5H,6,15H2. The highest BCUT2D eigenvalue weighted by atomic mass is 19.2. The van der Waals surface area contributed by atoms with Gasteiger partial charge < -0.3 is 10.3 Å². The molecule has 0 saturated carbocycles. The molecule has 3 aromatic rings. The van der Waals surface area contributed by atoms with Crippen LogP contribution in [0.5, 0.6) is 0 Å². The molecule has 0 bridgehead atoms. The Kier molecular flexibility index (Phi) is 2.90. The van der Waals surface area contributed by atoms with Crippen molar-refractivity contribution in [2.75, 3.05) is 5.73 Å². The van der Waals surface area contributed by atoms with E-state index < -0.39 is 11.6 Å². The van der Waals surface area contributed by atoms with Gasteiger partial charge in [-0.25, -0.2) is 8.78 Å². The summed E-state index contributed by atoms with van der Waals surface area (Å²) in [5.74, 6) is -1.43. The second-order valence-corrected chi connectivity index (χ2v) is 4.11. The van der Waals surface area contributed by atoms with Crippen LogP contribution in [0.2, 0.25) is 0 Å². The number of rotatable bonds is 3. The lowest BCUT2D eigenvalue weighted by Gasteiger charge is -1.95. The Morgan fingerprint density at radius 1 is 1.25 bits per heavy atom. The molecule has 0 aliphatic carbocycles. The lowest BCUT2D eigenvalue weighted by Crippen LogP contribution is -2.00. The molecule has 0 aliphatic heterocycles. The fraction of sp³-hybridized carbons (Fsp3) is 0.0833. The van der Waals surface area contributed by atoms with E-state index in [1.165, 1.54) is 16.9 Å². The highest BCUT2D eigenvalue weighted by Gasteiger charge is 2.12. The summed E-state index contributed by atoms with van der Waals surface area (Å²) in [7, 11) is 0. The third-order valence-corrected chi connectivity index (χ3v) is 2.60. The van der Waals surface area contributed by atoms with Gasteiger partial charge in [-0.3, -0.25) is 4.68 Å². The molecule has 8 heteroatoms. The van der Waals surface area contributed by atoms with Crippen LogP contribution in [0.15, 0.2) is 35.1 Å². The molecule has 3 rings (SSSR count). The van der Waals surface area contributed by atoms with Crippen molar-refractivity contribution >= 4 is 5.69 Å². The van der Waals surface area contributed by atoms with E-state index in [9.17, 15) is 8.78 Å². The first-order valence-corrected chi connectivity index (χ1v) is 5.68. The molecule has 0 saturated heterocycles. The van der Waals surface area contributed by atoms with Gasteiger partial charge in [0.05, 0.1) is 11.9 Å². The molecule has 0 aliphatic rings. The van der Waals surface area contributed by atoms with E-state index >= 15 is 0 Å². The van der Waals surface area contributed by atoms with Crippen LogP contribution in [0.3, 0.4) is 0 Å². The number of hydrogen-bond acceptors (Lipinski definition) is 5. The summed E-state index contributed by atoms with van der Waals surface area (Å²) in [4.78, 5) is 4.09. The first-order valence-electron chi connectivity index (χ1n) is 5.68. The minimum Gasteiger partial charge on any atom is -0.396 e. The maximum atomic E-state index is 13.1. The summed E-state index contributed by atoms with van der Waals surface area (Å²) in [6, 6.07) is 3.39. The molecule has 0 amide bonds. The molecule has 102 valence electrons. The van der Waals surface area contributed by atoms with Gasteiger partial charge in [-0.05, 0) is 18.2 Å². The van der Waals surface area contributed by atoms with Gasteiger partial charge in [0.25, 0.3) is 0 Å². The predicted molar refractivity (Wildman–Crippen MR) is 65.4 cm³/mol. The predicted octanol–water partition coefficient (Wildman–Crippen LogP) is 1.84. The lowest BCUT2D eigenvalue weighted by atomic mass is 10.2. The van der Waals surface area contributed by atoms with Gasteiger partial charge >= 0.3 is 0 Å². The van der Waals surface area contributed by atoms with Crippen molar-refractivity contribution in [3.05, 3.63) is 48.1 Å². The summed E-state index contributed by atoms with van der Waals surface area (Å²) in [5, 5.41) is 7.69. The molecule has 20 heavy (non-hydrogen) atoms. The van der Waals surface area contributed by atoms with Gasteiger partial charge in [0.1, 0.15) is 6.54 Å². The van der Waals surface area contributed by atoms with Crippen LogP contribution >= 0.6 is 0 Å². The molecule has 0 radical (unpaired) electrons. The summed E-state index contributed by atoms with van der Waals surface area (Å²) in [6.45, 7) is 0.244. The topological polar surface area (TPSA) is 82.8 Å². The summed E-state index contributed by atoms with van der Waals surface area (Å²) in [5.41, 5.74) is 6.38. The van der Waals surface area contributed by atoms with Crippen LogP contribution < -0.4 is 5.73 Å². The van der Waals surface area contributed by atoms with Crippen LogP contribution in [0.25, 0.3) is 11.4 Å². The zero-order valence-electron chi connectivity index (χ0n) is 10.1. The van der Waals surface area contributed by atoms with Crippen molar-refractivity contribution in [2.45, 2.75) is 6.54 Å².